The van der Waals surface area contributed by atoms with Crippen molar-refractivity contribution in [3.05, 3.63) is 10.1 Å². The van der Waals surface area contributed by atoms with Crippen LogP contribution in [-0.4, -0.2) is 35.7 Å². The van der Waals surface area contributed by atoms with E-state index in [0.717, 1.165) is 12.8 Å². The summed E-state index contributed by atoms with van der Waals surface area (Å²) in [4.78, 5) is 24.0. The lowest BCUT2D eigenvalue weighted by molar-refractivity contribution is -0.546. The zero-order chi connectivity index (χ0) is 19.4. The lowest BCUT2D eigenvalue weighted by Crippen LogP contribution is -2.56. The molecule has 1 aliphatic rings. The van der Waals surface area contributed by atoms with Crippen LogP contribution in [0.1, 0.15) is 67.7 Å². The second kappa shape index (κ2) is 8.97. The highest BCUT2D eigenvalue weighted by Crippen LogP contribution is 2.46. The molecular formula is C19H35NO5. The van der Waals surface area contributed by atoms with Crippen molar-refractivity contribution in [3.63, 3.8) is 0 Å². The number of carbonyl (C=O) groups is 1. The molecule has 1 aliphatic carbocycles. The van der Waals surface area contributed by atoms with E-state index in [-0.39, 0.29) is 53.4 Å². The summed E-state index contributed by atoms with van der Waals surface area (Å²) in [5.41, 5.74) is -0.289. The molecule has 0 aromatic rings. The van der Waals surface area contributed by atoms with Gasteiger partial charge >= 0.3 is 5.97 Å². The third kappa shape index (κ3) is 5.16. The van der Waals surface area contributed by atoms with E-state index in [1.54, 1.807) is 6.92 Å². The van der Waals surface area contributed by atoms with Crippen molar-refractivity contribution in [1.29, 1.82) is 0 Å². The number of ether oxygens (including phenoxy) is 2. The van der Waals surface area contributed by atoms with Gasteiger partial charge in [0.05, 0.1) is 30.7 Å². The maximum absolute atomic E-state index is 12.4. The van der Waals surface area contributed by atoms with Gasteiger partial charge in [-0.15, -0.1) is 0 Å². The summed E-state index contributed by atoms with van der Waals surface area (Å²) >= 11 is 0. The Morgan fingerprint density at radius 3 is 2.20 bits per heavy atom. The van der Waals surface area contributed by atoms with Crippen LogP contribution in [0, 0.1) is 33.3 Å². The van der Waals surface area contributed by atoms with Crippen LogP contribution in [0.2, 0.25) is 0 Å². The van der Waals surface area contributed by atoms with Crippen LogP contribution in [-0.2, 0) is 14.3 Å². The zero-order valence-electron chi connectivity index (χ0n) is 16.8. The molecule has 6 heteroatoms. The van der Waals surface area contributed by atoms with Gasteiger partial charge in [0.1, 0.15) is 0 Å². The van der Waals surface area contributed by atoms with Crippen molar-refractivity contribution < 1.29 is 19.2 Å². The van der Waals surface area contributed by atoms with E-state index < -0.39 is 12.0 Å². The van der Waals surface area contributed by atoms with E-state index in [0.29, 0.717) is 0 Å². The molecule has 146 valence electrons. The monoisotopic (exact) mass is 357 g/mol. The van der Waals surface area contributed by atoms with Crippen molar-refractivity contribution in [3.8, 4) is 0 Å². The smallest absolute Gasteiger partial charge is 0.309 e. The Morgan fingerprint density at radius 1 is 1.24 bits per heavy atom. The highest BCUT2D eigenvalue weighted by atomic mass is 16.6. The molecular weight excluding hydrogens is 322 g/mol. The Hall–Kier alpha value is -1.17. The van der Waals surface area contributed by atoms with Crippen LogP contribution in [0.15, 0.2) is 0 Å². The van der Waals surface area contributed by atoms with Gasteiger partial charge in [0.15, 0.2) is 0 Å². The molecule has 1 saturated carbocycles. The van der Waals surface area contributed by atoms with E-state index in [1.807, 2.05) is 27.7 Å². The summed E-state index contributed by atoms with van der Waals surface area (Å²) < 4.78 is 11.6. The Balaban J connectivity index is 3.27. The summed E-state index contributed by atoms with van der Waals surface area (Å²) in [5, 5.41) is 11.8. The van der Waals surface area contributed by atoms with Crippen LogP contribution in [0.4, 0.5) is 0 Å². The van der Waals surface area contributed by atoms with Gasteiger partial charge in [0.2, 0.25) is 6.04 Å². The average Bonchev–Trinajstić information content (AvgIpc) is 2.52. The Bertz CT molecular complexity index is 455. The standard InChI is InChI=1S/C19H35NO5/c1-8-13(9-2)25-17-12(4)14(18(21)24-10-3)11-15(20(22)23)16(17)19(5,6)7/h12-17H,8-11H2,1-7H3/t12-,14-,15+,16-,17-/m1/s1. The predicted molar refractivity (Wildman–Crippen MR) is 96.9 cm³/mol. The third-order valence-corrected chi connectivity index (χ3v) is 5.54. The third-order valence-electron chi connectivity index (χ3n) is 5.54. The molecule has 1 rings (SSSR count). The fraction of sp³-hybridized carbons (Fsp3) is 0.947. The van der Waals surface area contributed by atoms with Crippen molar-refractivity contribution in [1.82, 2.24) is 0 Å². The lowest BCUT2D eigenvalue weighted by atomic mass is 9.61. The van der Waals surface area contributed by atoms with E-state index in [4.69, 9.17) is 9.47 Å². The van der Waals surface area contributed by atoms with Gasteiger partial charge in [-0.05, 0) is 31.1 Å². The van der Waals surface area contributed by atoms with Crippen molar-refractivity contribution >= 4 is 5.97 Å². The maximum Gasteiger partial charge on any atom is 0.309 e. The number of rotatable bonds is 7. The van der Waals surface area contributed by atoms with Gasteiger partial charge in [0.25, 0.3) is 0 Å². The molecule has 0 amide bonds. The van der Waals surface area contributed by atoms with Gasteiger partial charge in [-0.3, -0.25) is 14.9 Å². The molecule has 0 aliphatic heterocycles. The minimum absolute atomic E-state index is 0.0469. The Labute approximate surface area is 151 Å². The summed E-state index contributed by atoms with van der Waals surface area (Å²) in [7, 11) is 0. The van der Waals surface area contributed by atoms with Crippen molar-refractivity contribution in [2.75, 3.05) is 6.61 Å². The summed E-state index contributed by atoms with van der Waals surface area (Å²) in [6.45, 7) is 14.2. The number of hydrogen-bond acceptors (Lipinski definition) is 5. The zero-order valence-corrected chi connectivity index (χ0v) is 16.8. The van der Waals surface area contributed by atoms with E-state index in [1.165, 1.54) is 0 Å². The molecule has 0 saturated heterocycles. The molecule has 0 heterocycles. The Morgan fingerprint density at radius 2 is 1.80 bits per heavy atom. The number of nitrogens with zero attached hydrogens (tertiary/aromatic N) is 1. The van der Waals surface area contributed by atoms with Crippen molar-refractivity contribution in [2.45, 2.75) is 86.0 Å². The molecule has 0 N–H and O–H groups in total. The van der Waals surface area contributed by atoms with Crippen molar-refractivity contribution in [2.24, 2.45) is 23.2 Å². The maximum atomic E-state index is 12.4. The number of nitro groups is 1. The first-order valence-electron chi connectivity index (χ1n) is 9.53. The first-order chi connectivity index (χ1) is 11.6. The fourth-order valence-corrected chi connectivity index (χ4v) is 4.16. The summed E-state index contributed by atoms with van der Waals surface area (Å²) in [6.07, 6.45) is 1.64. The number of carbonyl (C=O) groups excluding carboxylic acids is 1. The molecule has 1 fully saturated rings. The summed E-state index contributed by atoms with van der Waals surface area (Å²) in [5.74, 6) is -1.19. The number of hydrogen-bond donors (Lipinski definition) is 0. The molecule has 0 unspecified atom stereocenters. The van der Waals surface area contributed by atoms with Gasteiger partial charge in [-0.25, -0.2) is 0 Å². The van der Waals surface area contributed by atoms with Crippen LogP contribution < -0.4 is 0 Å². The average molecular weight is 357 g/mol. The van der Waals surface area contributed by atoms with Gasteiger partial charge in [-0.2, -0.15) is 0 Å². The Kier molecular flexibility index (Phi) is 7.85. The molecule has 0 aromatic carbocycles. The minimum Gasteiger partial charge on any atom is -0.466 e. The van der Waals surface area contributed by atoms with Crippen LogP contribution in [0.5, 0.6) is 0 Å². The largest absolute Gasteiger partial charge is 0.466 e. The molecule has 6 nitrogen and oxygen atoms in total. The first-order valence-corrected chi connectivity index (χ1v) is 9.53. The van der Waals surface area contributed by atoms with Crippen LogP contribution in [0.3, 0.4) is 0 Å². The van der Waals surface area contributed by atoms with E-state index in [9.17, 15) is 14.9 Å². The molecule has 0 aromatic heterocycles. The van der Waals surface area contributed by atoms with Gasteiger partial charge < -0.3 is 9.47 Å². The normalized spacial score (nSPS) is 30.3. The highest BCUT2D eigenvalue weighted by Gasteiger charge is 2.55. The quantitative estimate of drug-likeness (QED) is 0.389. The molecule has 25 heavy (non-hydrogen) atoms. The van der Waals surface area contributed by atoms with Gasteiger partial charge in [-0.1, -0.05) is 41.5 Å². The molecule has 0 radical (unpaired) electrons. The molecule has 5 atom stereocenters. The molecule has 0 bridgehead atoms. The van der Waals surface area contributed by atoms with E-state index in [2.05, 4.69) is 13.8 Å². The van der Waals surface area contributed by atoms with E-state index >= 15 is 0 Å². The SMILES string of the molecule is CCOC(=O)[C@@H]1C[C@H]([N+](=O)[O-])[C@@H](C(C)(C)C)[C@H](OC(CC)CC)[C@@H]1C. The number of esters is 1. The second-order valence-electron chi connectivity index (χ2n) is 8.24. The van der Waals surface area contributed by atoms with Crippen LogP contribution in [0.25, 0.3) is 0 Å². The van der Waals surface area contributed by atoms with Gasteiger partial charge in [0, 0.05) is 11.3 Å². The minimum atomic E-state index is -0.801. The van der Waals surface area contributed by atoms with Crippen LogP contribution >= 0.6 is 0 Å². The topological polar surface area (TPSA) is 78.7 Å². The predicted octanol–water partition coefficient (Wildman–Crippen LogP) is 4.09. The second-order valence-corrected chi connectivity index (χ2v) is 8.24. The highest BCUT2D eigenvalue weighted by molar-refractivity contribution is 5.73. The first kappa shape index (κ1) is 21.9. The lowest BCUT2D eigenvalue weighted by Gasteiger charge is -2.47. The fourth-order valence-electron chi connectivity index (χ4n) is 4.16. The molecule has 0 spiro atoms. The summed E-state index contributed by atoms with van der Waals surface area (Å²) in [6, 6.07) is -0.801.